The van der Waals surface area contributed by atoms with E-state index in [-0.39, 0.29) is 5.02 Å². The fourth-order valence-corrected chi connectivity index (χ4v) is 2.59. The van der Waals surface area contributed by atoms with Crippen LogP contribution in [0, 0.1) is 5.82 Å². The van der Waals surface area contributed by atoms with Crippen molar-refractivity contribution in [1.82, 2.24) is 0 Å². The van der Waals surface area contributed by atoms with Gasteiger partial charge in [-0.05, 0) is 18.1 Å². The maximum absolute atomic E-state index is 13.7. The van der Waals surface area contributed by atoms with Crippen molar-refractivity contribution in [1.29, 1.82) is 0 Å². The van der Waals surface area contributed by atoms with Crippen LogP contribution >= 0.6 is 11.6 Å². The molecule has 1 atom stereocenters. The smallest absolute Gasteiger partial charge is 0.145 e. The Labute approximate surface area is 127 Å². The molecule has 1 aromatic rings. The first-order chi connectivity index (χ1) is 9.65. The van der Waals surface area contributed by atoms with Crippen LogP contribution in [0.5, 0.6) is 0 Å². The zero-order valence-corrected chi connectivity index (χ0v) is 13.1. The number of rotatable bonds is 10. The highest BCUT2D eigenvalue weighted by Crippen LogP contribution is 2.20. The second-order valence-electron chi connectivity index (χ2n) is 5.48. The van der Waals surface area contributed by atoms with Gasteiger partial charge < -0.3 is 5.11 Å². The number of hydrogen-bond donors (Lipinski definition) is 1. The van der Waals surface area contributed by atoms with E-state index in [1.54, 1.807) is 12.1 Å². The summed E-state index contributed by atoms with van der Waals surface area (Å²) in [6.07, 6.45) is 9.19. The van der Waals surface area contributed by atoms with Gasteiger partial charge in [-0.3, -0.25) is 0 Å². The van der Waals surface area contributed by atoms with Gasteiger partial charge in [0.25, 0.3) is 0 Å². The lowest BCUT2D eigenvalue weighted by Crippen LogP contribution is -2.11. The molecular formula is C17H26ClFO. The van der Waals surface area contributed by atoms with E-state index in [4.69, 9.17) is 11.6 Å². The molecule has 0 spiro atoms. The molecule has 114 valence electrons. The molecule has 0 aromatic heterocycles. The third kappa shape index (κ3) is 6.71. The number of aliphatic hydroxyl groups excluding tert-OH is 1. The fourth-order valence-electron chi connectivity index (χ4n) is 2.40. The molecule has 0 saturated carbocycles. The van der Waals surface area contributed by atoms with Gasteiger partial charge in [-0.2, -0.15) is 0 Å². The van der Waals surface area contributed by atoms with Crippen molar-refractivity contribution in [2.75, 3.05) is 0 Å². The van der Waals surface area contributed by atoms with E-state index >= 15 is 0 Å². The maximum atomic E-state index is 13.7. The largest absolute Gasteiger partial charge is 0.393 e. The topological polar surface area (TPSA) is 20.2 Å². The number of unbranched alkanes of at least 4 members (excludes halogenated alkanes) is 6. The Morgan fingerprint density at radius 1 is 1.10 bits per heavy atom. The minimum atomic E-state index is -0.474. The van der Waals surface area contributed by atoms with E-state index < -0.39 is 11.9 Å². The lowest BCUT2D eigenvalue weighted by atomic mass is 10.0. The van der Waals surface area contributed by atoms with Crippen LogP contribution in [0.15, 0.2) is 18.2 Å². The maximum Gasteiger partial charge on any atom is 0.145 e. The summed E-state index contributed by atoms with van der Waals surface area (Å²) in [6, 6.07) is 4.94. The van der Waals surface area contributed by atoms with Crippen LogP contribution in [-0.4, -0.2) is 11.2 Å². The number of hydrogen-bond acceptors (Lipinski definition) is 1. The van der Waals surface area contributed by atoms with Crippen LogP contribution in [-0.2, 0) is 6.42 Å². The fraction of sp³-hybridized carbons (Fsp3) is 0.647. The predicted molar refractivity (Wildman–Crippen MR) is 83.7 cm³/mol. The SMILES string of the molecule is CCCCCCCCCC(O)Cc1cccc(Cl)c1F. The third-order valence-corrected chi connectivity index (χ3v) is 3.92. The Balaban J connectivity index is 2.17. The summed E-state index contributed by atoms with van der Waals surface area (Å²) in [7, 11) is 0. The predicted octanol–water partition coefficient (Wildman–Crippen LogP) is 5.52. The second-order valence-corrected chi connectivity index (χ2v) is 5.89. The number of aliphatic hydroxyl groups is 1. The van der Waals surface area contributed by atoms with Crippen LogP contribution in [0.2, 0.25) is 5.02 Å². The molecule has 0 aliphatic rings. The minimum absolute atomic E-state index is 0.130. The molecule has 1 nitrogen and oxygen atoms in total. The molecule has 0 fully saturated rings. The van der Waals surface area contributed by atoms with E-state index in [9.17, 15) is 9.50 Å². The van der Waals surface area contributed by atoms with Gasteiger partial charge >= 0.3 is 0 Å². The molecule has 0 amide bonds. The van der Waals surface area contributed by atoms with Crippen LogP contribution in [0.25, 0.3) is 0 Å². The van der Waals surface area contributed by atoms with Gasteiger partial charge in [0, 0.05) is 6.42 Å². The minimum Gasteiger partial charge on any atom is -0.393 e. The van der Waals surface area contributed by atoms with Crippen molar-refractivity contribution in [3.63, 3.8) is 0 Å². The van der Waals surface area contributed by atoms with Crippen LogP contribution in [0.3, 0.4) is 0 Å². The Morgan fingerprint density at radius 2 is 1.75 bits per heavy atom. The van der Waals surface area contributed by atoms with Crippen LogP contribution < -0.4 is 0 Å². The molecule has 0 radical (unpaired) electrons. The number of benzene rings is 1. The van der Waals surface area contributed by atoms with Gasteiger partial charge in [-0.15, -0.1) is 0 Å². The summed E-state index contributed by atoms with van der Waals surface area (Å²) < 4.78 is 13.7. The molecule has 1 aromatic carbocycles. The molecule has 0 heterocycles. The van der Waals surface area contributed by atoms with Crippen LogP contribution in [0.1, 0.15) is 63.9 Å². The van der Waals surface area contributed by atoms with Gasteiger partial charge in [-0.25, -0.2) is 4.39 Å². The van der Waals surface area contributed by atoms with Gasteiger partial charge in [0.15, 0.2) is 0 Å². The van der Waals surface area contributed by atoms with E-state index in [1.807, 2.05) is 0 Å². The lowest BCUT2D eigenvalue weighted by Gasteiger charge is -2.11. The zero-order chi connectivity index (χ0) is 14.8. The second kappa shape index (κ2) is 10.2. The first kappa shape index (κ1) is 17.5. The van der Waals surface area contributed by atoms with Gasteiger partial charge in [0.2, 0.25) is 0 Å². The number of halogens is 2. The Hall–Kier alpha value is -0.600. The van der Waals surface area contributed by atoms with E-state index in [2.05, 4.69) is 6.92 Å². The van der Waals surface area contributed by atoms with Gasteiger partial charge in [-0.1, -0.05) is 75.6 Å². The van der Waals surface area contributed by atoms with Crippen molar-refractivity contribution >= 4 is 11.6 Å². The normalized spacial score (nSPS) is 12.6. The molecule has 1 N–H and O–H groups in total. The Morgan fingerprint density at radius 3 is 2.45 bits per heavy atom. The summed E-state index contributed by atoms with van der Waals surface area (Å²) in [5.74, 6) is -0.396. The molecule has 3 heteroatoms. The highest BCUT2D eigenvalue weighted by atomic mass is 35.5. The van der Waals surface area contributed by atoms with Crippen LogP contribution in [0.4, 0.5) is 4.39 Å². The quantitative estimate of drug-likeness (QED) is 0.564. The molecule has 1 unspecified atom stereocenters. The average molecular weight is 301 g/mol. The van der Waals surface area contributed by atoms with Crippen molar-refractivity contribution < 1.29 is 9.50 Å². The summed E-state index contributed by atoms with van der Waals surface area (Å²) >= 11 is 5.73. The molecule has 1 rings (SSSR count). The van der Waals surface area contributed by atoms with Crippen molar-refractivity contribution in [3.05, 3.63) is 34.6 Å². The summed E-state index contributed by atoms with van der Waals surface area (Å²) in [6.45, 7) is 2.21. The monoisotopic (exact) mass is 300 g/mol. The first-order valence-corrected chi connectivity index (χ1v) is 8.14. The molecule has 0 saturated heterocycles. The van der Waals surface area contributed by atoms with Gasteiger partial charge in [0.1, 0.15) is 5.82 Å². The highest BCUT2D eigenvalue weighted by molar-refractivity contribution is 6.30. The van der Waals surface area contributed by atoms with Crippen molar-refractivity contribution in [3.8, 4) is 0 Å². The summed E-state index contributed by atoms with van der Waals surface area (Å²) in [5.41, 5.74) is 0.507. The highest BCUT2D eigenvalue weighted by Gasteiger charge is 2.11. The molecule has 0 aliphatic carbocycles. The summed E-state index contributed by atoms with van der Waals surface area (Å²) in [5, 5.41) is 10.1. The Bertz CT molecular complexity index is 381. The van der Waals surface area contributed by atoms with E-state index in [0.29, 0.717) is 12.0 Å². The molecule has 0 bridgehead atoms. The van der Waals surface area contributed by atoms with Crippen molar-refractivity contribution in [2.24, 2.45) is 0 Å². The lowest BCUT2D eigenvalue weighted by molar-refractivity contribution is 0.159. The van der Waals surface area contributed by atoms with E-state index in [0.717, 1.165) is 19.3 Å². The first-order valence-electron chi connectivity index (χ1n) is 7.76. The van der Waals surface area contributed by atoms with E-state index in [1.165, 1.54) is 38.2 Å². The summed E-state index contributed by atoms with van der Waals surface area (Å²) in [4.78, 5) is 0. The average Bonchev–Trinajstić information content (AvgIpc) is 2.43. The molecule has 0 aliphatic heterocycles. The van der Waals surface area contributed by atoms with Gasteiger partial charge in [0.05, 0.1) is 11.1 Å². The zero-order valence-electron chi connectivity index (χ0n) is 12.4. The third-order valence-electron chi connectivity index (χ3n) is 3.63. The molecular weight excluding hydrogens is 275 g/mol. The van der Waals surface area contributed by atoms with Crippen molar-refractivity contribution in [2.45, 2.75) is 70.8 Å². The molecule has 20 heavy (non-hydrogen) atoms. The Kier molecular flexibility index (Phi) is 8.88. The standard InChI is InChI=1S/C17H26ClFO/c1-2-3-4-5-6-7-8-11-15(20)13-14-10-9-12-16(18)17(14)19/h9-10,12,15,20H,2-8,11,13H2,1H3.